The molecule has 0 aliphatic carbocycles. The van der Waals surface area contributed by atoms with E-state index in [9.17, 15) is 0 Å². The zero-order valence-corrected chi connectivity index (χ0v) is 12.3. The Morgan fingerprint density at radius 1 is 1.26 bits per heavy atom. The zero-order valence-electron chi connectivity index (χ0n) is 12.3. The number of nitrogens with two attached hydrogens (primary N) is 1. The maximum Gasteiger partial charge on any atom is 0.231 e. The van der Waals surface area contributed by atoms with Gasteiger partial charge in [0.25, 0.3) is 0 Å². The molecule has 19 heavy (non-hydrogen) atoms. The lowest BCUT2D eigenvalue weighted by molar-refractivity contribution is 0.174. The molecule has 1 aromatic rings. The minimum absolute atomic E-state index is 0.154. The van der Waals surface area contributed by atoms with Crippen molar-refractivity contribution in [1.82, 2.24) is 4.90 Å². The Bertz CT molecular complexity index is 452. The fourth-order valence-corrected chi connectivity index (χ4v) is 2.44. The zero-order chi connectivity index (χ0) is 14.0. The molecule has 1 heterocycles. The third kappa shape index (κ3) is 3.85. The molecule has 0 unspecified atom stereocenters. The normalized spacial score (nSPS) is 14.2. The van der Waals surface area contributed by atoms with Crippen molar-refractivity contribution in [2.24, 2.45) is 5.73 Å². The smallest absolute Gasteiger partial charge is 0.231 e. The quantitative estimate of drug-likeness (QED) is 0.883. The highest BCUT2D eigenvalue weighted by molar-refractivity contribution is 5.48. The number of aryl methyl sites for hydroxylation is 1. The fraction of sp³-hybridized carbons (Fsp3) is 0.600. The third-order valence-corrected chi connectivity index (χ3v) is 3.27. The largest absolute Gasteiger partial charge is 0.454 e. The maximum atomic E-state index is 6.03. The Balaban J connectivity index is 1.96. The molecule has 2 N–H and O–H groups in total. The van der Waals surface area contributed by atoms with Crippen LogP contribution in [0.5, 0.6) is 11.5 Å². The monoisotopic (exact) mass is 264 g/mol. The van der Waals surface area contributed by atoms with Crippen molar-refractivity contribution >= 4 is 0 Å². The van der Waals surface area contributed by atoms with Gasteiger partial charge in [-0.25, -0.2) is 0 Å². The molecule has 1 aromatic carbocycles. The minimum atomic E-state index is -0.154. The van der Waals surface area contributed by atoms with Crippen molar-refractivity contribution in [3.63, 3.8) is 0 Å². The van der Waals surface area contributed by atoms with Crippen molar-refractivity contribution in [2.75, 3.05) is 26.9 Å². The van der Waals surface area contributed by atoms with Gasteiger partial charge in [-0.15, -0.1) is 0 Å². The molecular formula is C15H24N2O2. The summed E-state index contributed by atoms with van der Waals surface area (Å²) in [6.45, 7) is 8.42. The molecule has 0 bridgehead atoms. The van der Waals surface area contributed by atoms with Crippen LogP contribution in [0.2, 0.25) is 0 Å². The van der Waals surface area contributed by atoms with E-state index in [1.54, 1.807) is 0 Å². The van der Waals surface area contributed by atoms with Crippen molar-refractivity contribution in [3.8, 4) is 11.5 Å². The molecule has 0 atom stereocenters. The van der Waals surface area contributed by atoms with Crippen molar-refractivity contribution < 1.29 is 9.47 Å². The summed E-state index contributed by atoms with van der Waals surface area (Å²) in [5, 5.41) is 0. The summed E-state index contributed by atoms with van der Waals surface area (Å²) in [5.41, 5.74) is 8.44. The van der Waals surface area contributed by atoms with E-state index >= 15 is 0 Å². The number of fused-ring (bicyclic) bond motifs is 1. The highest BCUT2D eigenvalue weighted by atomic mass is 16.7. The number of hydrogen-bond donors (Lipinski definition) is 1. The average molecular weight is 264 g/mol. The first kappa shape index (κ1) is 14.2. The van der Waals surface area contributed by atoms with Crippen LogP contribution in [0.25, 0.3) is 0 Å². The molecule has 0 amide bonds. The van der Waals surface area contributed by atoms with Crippen molar-refractivity contribution in [3.05, 3.63) is 23.3 Å². The highest BCUT2D eigenvalue weighted by Crippen LogP contribution is 2.34. The van der Waals surface area contributed by atoms with Gasteiger partial charge >= 0.3 is 0 Å². The van der Waals surface area contributed by atoms with Gasteiger partial charge in [0.1, 0.15) is 0 Å². The number of hydrogen-bond acceptors (Lipinski definition) is 4. The lowest BCUT2D eigenvalue weighted by atomic mass is 10.0. The molecule has 0 spiro atoms. The van der Waals surface area contributed by atoms with Gasteiger partial charge in [0.2, 0.25) is 6.79 Å². The van der Waals surface area contributed by atoms with Crippen LogP contribution in [0.15, 0.2) is 12.1 Å². The van der Waals surface area contributed by atoms with E-state index in [1.807, 2.05) is 0 Å². The van der Waals surface area contributed by atoms with Gasteiger partial charge in [-0.3, -0.25) is 0 Å². The Kier molecular flexibility index (Phi) is 4.02. The molecule has 0 saturated carbocycles. The summed E-state index contributed by atoms with van der Waals surface area (Å²) in [5.74, 6) is 1.72. The molecule has 4 heteroatoms. The van der Waals surface area contributed by atoms with Gasteiger partial charge in [-0.2, -0.15) is 0 Å². The first-order valence-electron chi connectivity index (χ1n) is 6.72. The molecule has 4 nitrogen and oxygen atoms in total. The van der Waals surface area contributed by atoms with E-state index in [-0.39, 0.29) is 5.54 Å². The highest BCUT2D eigenvalue weighted by Gasteiger charge is 2.17. The van der Waals surface area contributed by atoms with Gasteiger partial charge < -0.3 is 20.1 Å². The van der Waals surface area contributed by atoms with Crippen molar-refractivity contribution in [2.45, 2.75) is 32.7 Å². The van der Waals surface area contributed by atoms with Crippen LogP contribution in [0.1, 0.15) is 25.0 Å². The average Bonchev–Trinajstić information content (AvgIpc) is 2.70. The Morgan fingerprint density at radius 3 is 2.53 bits per heavy atom. The molecule has 106 valence electrons. The predicted octanol–water partition coefficient (Wildman–Crippen LogP) is 1.94. The van der Waals surface area contributed by atoms with Crippen LogP contribution < -0.4 is 15.2 Å². The van der Waals surface area contributed by atoms with E-state index in [4.69, 9.17) is 15.2 Å². The first-order chi connectivity index (χ1) is 8.85. The predicted molar refractivity (Wildman–Crippen MR) is 76.8 cm³/mol. The van der Waals surface area contributed by atoms with E-state index in [2.05, 4.69) is 44.9 Å². The third-order valence-electron chi connectivity index (χ3n) is 3.27. The summed E-state index contributed by atoms with van der Waals surface area (Å²) in [6, 6.07) is 4.16. The van der Waals surface area contributed by atoms with Crippen LogP contribution in [0.4, 0.5) is 0 Å². The second-order valence-corrected chi connectivity index (χ2v) is 6.11. The summed E-state index contributed by atoms with van der Waals surface area (Å²) in [6.07, 6.45) is 0.995. The topological polar surface area (TPSA) is 47.7 Å². The molecule has 1 aliphatic rings. The summed E-state index contributed by atoms with van der Waals surface area (Å²) in [4.78, 5) is 2.27. The standard InChI is InChI=1S/C15H24N2O2/c1-11-7-13-14(19-10-18-13)8-12(11)5-6-17(4)9-15(2,3)16/h7-8H,5-6,9-10,16H2,1-4H3. The van der Waals surface area contributed by atoms with E-state index in [0.29, 0.717) is 6.79 Å². The lowest BCUT2D eigenvalue weighted by Gasteiger charge is -2.26. The number of likely N-dealkylation sites (N-methyl/N-ethyl adjacent to an activating group) is 1. The number of benzene rings is 1. The molecule has 2 rings (SSSR count). The number of ether oxygens (including phenoxy) is 2. The Hall–Kier alpha value is -1.26. The van der Waals surface area contributed by atoms with Crippen molar-refractivity contribution in [1.29, 1.82) is 0 Å². The van der Waals surface area contributed by atoms with E-state index < -0.39 is 0 Å². The molecule has 1 aliphatic heterocycles. The van der Waals surface area contributed by atoms with Gasteiger partial charge in [0.15, 0.2) is 11.5 Å². The molecule has 0 radical (unpaired) electrons. The SMILES string of the molecule is Cc1cc2c(cc1CCN(C)CC(C)(C)N)OCO2. The molecular weight excluding hydrogens is 240 g/mol. The molecule has 0 aromatic heterocycles. The van der Waals surface area contributed by atoms with E-state index in [1.165, 1.54) is 11.1 Å². The number of nitrogens with zero attached hydrogens (tertiary/aromatic N) is 1. The van der Waals surface area contributed by atoms with Gasteiger partial charge in [0, 0.05) is 18.6 Å². The fourth-order valence-electron chi connectivity index (χ4n) is 2.44. The number of rotatable bonds is 5. The Morgan fingerprint density at radius 2 is 1.89 bits per heavy atom. The second kappa shape index (κ2) is 5.39. The van der Waals surface area contributed by atoms with Crippen LogP contribution in [-0.4, -0.2) is 37.4 Å². The second-order valence-electron chi connectivity index (χ2n) is 6.11. The molecule has 0 fully saturated rings. The van der Waals surface area contributed by atoms with Gasteiger partial charge in [-0.1, -0.05) is 0 Å². The first-order valence-corrected chi connectivity index (χ1v) is 6.72. The van der Waals surface area contributed by atoms with Crippen LogP contribution >= 0.6 is 0 Å². The van der Waals surface area contributed by atoms with Gasteiger partial charge in [-0.05, 0) is 57.5 Å². The Labute approximate surface area is 115 Å². The molecule has 0 saturated heterocycles. The lowest BCUT2D eigenvalue weighted by Crippen LogP contribution is -2.44. The maximum absolute atomic E-state index is 6.03. The van der Waals surface area contributed by atoms with Crippen LogP contribution in [-0.2, 0) is 6.42 Å². The summed E-state index contributed by atoms with van der Waals surface area (Å²) in [7, 11) is 2.11. The van der Waals surface area contributed by atoms with E-state index in [0.717, 1.165) is 31.0 Å². The van der Waals surface area contributed by atoms with Gasteiger partial charge in [0.05, 0.1) is 0 Å². The summed E-state index contributed by atoms with van der Waals surface area (Å²) < 4.78 is 10.8. The summed E-state index contributed by atoms with van der Waals surface area (Å²) >= 11 is 0. The van der Waals surface area contributed by atoms with Crippen LogP contribution in [0, 0.1) is 6.92 Å². The van der Waals surface area contributed by atoms with Crippen LogP contribution in [0.3, 0.4) is 0 Å². The minimum Gasteiger partial charge on any atom is -0.454 e.